The Kier molecular flexibility index (Phi) is 7.23. The number of carbonyl (C=O) groups excluding carboxylic acids is 1. The van der Waals surface area contributed by atoms with Gasteiger partial charge in [0.25, 0.3) is 0 Å². The summed E-state index contributed by atoms with van der Waals surface area (Å²) >= 11 is 0. The highest BCUT2D eigenvalue weighted by Gasteiger charge is 2.25. The number of esters is 1. The van der Waals surface area contributed by atoms with Crippen LogP contribution >= 0.6 is 0 Å². The van der Waals surface area contributed by atoms with Crippen LogP contribution in [0.25, 0.3) is 0 Å². The molecule has 0 amide bonds. The van der Waals surface area contributed by atoms with Crippen molar-refractivity contribution < 1.29 is 23.2 Å². The first-order valence-electron chi connectivity index (χ1n) is 9.43. The van der Waals surface area contributed by atoms with E-state index in [0.717, 1.165) is 23.3 Å². The molecule has 1 aliphatic rings. The molecule has 2 aromatic rings. The van der Waals surface area contributed by atoms with Gasteiger partial charge in [-0.15, -0.1) is 0 Å². The van der Waals surface area contributed by atoms with Crippen LogP contribution in [0, 0.1) is 12.8 Å². The first-order chi connectivity index (χ1) is 13.5. The number of ether oxygens (including phenoxy) is 3. The van der Waals surface area contributed by atoms with E-state index in [1.54, 1.807) is 31.4 Å². The maximum Gasteiger partial charge on any atom is 0.338 e. The van der Waals surface area contributed by atoms with E-state index in [4.69, 9.17) is 14.2 Å². The van der Waals surface area contributed by atoms with Crippen LogP contribution in [0.3, 0.4) is 0 Å². The number of benzene rings is 2. The van der Waals surface area contributed by atoms with Gasteiger partial charge in [0, 0.05) is 10.8 Å². The van der Waals surface area contributed by atoms with Crippen molar-refractivity contribution in [3.63, 3.8) is 0 Å². The van der Waals surface area contributed by atoms with Crippen LogP contribution in [-0.2, 0) is 20.3 Å². The molecule has 0 unspecified atom stereocenters. The highest BCUT2D eigenvalue weighted by Crippen LogP contribution is 2.22. The standard InChI is InChI=1S/C22H26O5S/c1-16-3-11-21(12-4-16)28(24)15-20-8-5-17(13-26-20)14-27-22(23)18-6-9-19(25-2)10-7-18/h3-4,6-7,9-12,17,20H,5,8,13-15H2,1-2H3/t17-,20+,28-/m1/s1. The average Bonchev–Trinajstić information content (AvgIpc) is 2.73. The van der Waals surface area contributed by atoms with Crippen molar-refractivity contribution in [2.75, 3.05) is 26.1 Å². The molecule has 1 saturated heterocycles. The van der Waals surface area contributed by atoms with Gasteiger partial charge >= 0.3 is 5.97 Å². The minimum Gasteiger partial charge on any atom is -0.497 e. The smallest absolute Gasteiger partial charge is 0.338 e. The van der Waals surface area contributed by atoms with E-state index in [1.165, 1.54) is 0 Å². The Labute approximate surface area is 168 Å². The van der Waals surface area contributed by atoms with Crippen LogP contribution < -0.4 is 4.74 Å². The van der Waals surface area contributed by atoms with Crippen LogP contribution in [0.15, 0.2) is 53.4 Å². The van der Waals surface area contributed by atoms with Gasteiger partial charge < -0.3 is 14.2 Å². The fraction of sp³-hybridized carbons (Fsp3) is 0.409. The van der Waals surface area contributed by atoms with Gasteiger partial charge in [-0.05, 0) is 56.2 Å². The van der Waals surface area contributed by atoms with Gasteiger partial charge in [0.2, 0.25) is 0 Å². The van der Waals surface area contributed by atoms with Gasteiger partial charge in [-0.1, -0.05) is 17.7 Å². The third-order valence-corrected chi connectivity index (χ3v) is 6.33. The number of aryl methyl sites for hydroxylation is 1. The second-order valence-electron chi connectivity index (χ2n) is 7.05. The molecule has 1 aliphatic heterocycles. The zero-order valence-corrected chi connectivity index (χ0v) is 17.1. The van der Waals surface area contributed by atoms with Crippen molar-refractivity contribution in [3.05, 3.63) is 59.7 Å². The van der Waals surface area contributed by atoms with E-state index in [-0.39, 0.29) is 18.0 Å². The normalized spacial score (nSPS) is 20.4. The summed E-state index contributed by atoms with van der Waals surface area (Å²) < 4.78 is 28.9. The van der Waals surface area contributed by atoms with Crippen molar-refractivity contribution in [2.45, 2.75) is 30.8 Å². The Bertz CT molecular complexity index is 793. The minimum absolute atomic E-state index is 0.0179. The highest BCUT2D eigenvalue weighted by atomic mass is 32.2. The Hall–Kier alpha value is -2.18. The molecular weight excluding hydrogens is 376 g/mol. The first kappa shape index (κ1) is 20.6. The quantitative estimate of drug-likeness (QED) is 0.660. The Balaban J connectivity index is 1.40. The Morgan fingerprint density at radius 3 is 2.43 bits per heavy atom. The molecule has 0 N–H and O–H groups in total. The van der Waals surface area contributed by atoms with Gasteiger partial charge in [-0.3, -0.25) is 4.21 Å². The lowest BCUT2D eigenvalue weighted by Crippen LogP contribution is -2.32. The molecule has 3 atom stereocenters. The number of hydrogen-bond acceptors (Lipinski definition) is 5. The monoisotopic (exact) mass is 402 g/mol. The zero-order valence-electron chi connectivity index (χ0n) is 16.3. The molecule has 0 aromatic heterocycles. The third-order valence-electron chi connectivity index (χ3n) is 4.86. The summed E-state index contributed by atoms with van der Waals surface area (Å²) in [7, 11) is 0.523. The minimum atomic E-state index is -1.06. The summed E-state index contributed by atoms with van der Waals surface area (Å²) in [4.78, 5) is 13.0. The van der Waals surface area contributed by atoms with Crippen LogP contribution in [0.2, 0.25) is 0 Å². The predicted molar refractivity (Wildman–Crippen MR) is 108 cm³/mol. The second kappa shape index (κ2) is 9.85. The van der Waals surface area contributed by atoms with Crippen molar-refractivity contribution in [1.29, 1.82) is 0 Å². The number of carbonyl (C=O) groups is 1. The molecule has 6 heteroatoms. The molecule has 0 saturated carbocycles. The van der Waals surface area contributed by atoms with E-state index in [9.17, 15) is 9.00 Å². The summed E-state index contributed by atoms with van der Waals surface area (Å²) in [5.41, 5.74) is 1.66. The lowest BCUT2D eigenvalue weighted by atomic mass is 10.00. The van der Waals surface area contributed by atoms with E-state index in [2.05, 4.69) is 0 Å². The fourth-order valence-corrected chi connectivity index (χ4v) is 4.32. The SMILES string of the molecule is COc1ccc(C(=O)OC[C@@H]2CC[C@@H](C[S@@](=O)c3ccc(C)cc3)OC2)cc1. The molecule has 28 heavy (non-hydrogen) atoms. The topological polar surface area (TPSA) is 61.8 Å². The molecule has 3 rings (SSSR count). The van der Waals surface area contributed by atoms with E-state index < -0.39 is 10.8 Å². The Morgan fingerprint density at radius 1 is 1.11 bits per heavy atom. The summed E-state index contributed by atoms with van der Waals surface area (Å²) in [6.07, 6.45) is 1.70. The third kappa shape index (κ3) is 5.66. The van der Waals surface area contributed by atoms with Crippen molar-refractivity contribution >= 4 is 16.8 Å². The molecule has 0 aliphatic carbocycles. The van der Waals surface area contributed by atoms with E-state index >= 15 is 0 Å². The van der Waals surface area contributed by atoms with Gasteiger partial charge in [0.05, 0.1) is 48.5 Å². The summed E-state index contributed by atoms with van der Waals surface area (Å²) in [5, 5.41) is 0. The van der Waals surface area contributed by atoms with E-state index in [0.29, 0.717) is 30.3 Å². The average molecular weight is 403 g/mol. The molecule has 0 bridgehead atoms. The molecule has 0 radical (unpaired) electrons. The van der Waals surface area contributed by atoms with Crippen LogP contribution in [-0.4, -0.2) is 42.4 Å². The van der Waals surface area contributed by atoms with Gasteiger partial charge in [-0.2, -0.15) is 0 Å². The Morgan fingerprint density at radius 2 is 1.82 bits per heavy atom. The molecule has 0 spiro atoms. The molecule has 1 heterocycles. The molecule has 5 nitrogen and oxygen atoms in total. The number of rotatable bonds is 7. The molecular formula is C22H26O5S. The molecule has 2 aromatic carbocycles. The molecule has 150 valence electrons. The van der Waals surface area contributed by atoms with Crippen LogP contribution in [0.4, 0.5) is 0 Å². The maximum atomic E-state index is 12.5. The fourth-order valence-electron chi connectivity index (χ4n) is 3.08. The summed E-state index contributed by atoms with van der Waals surface area (Å²) in [5.74, 6) is 1.03. The second-order valence-corrected chi connectivity index (χ2v) is 8.55. The summed E-state index contributed by atoms with van der Waals surface area (Å²) in [6.45, 7) is 2.86. The molecule has 1 fully saturated rings. The van der Waals surface area contributed by atoms with Crippen LogP contribution in [0.5, 0.6) is 5.75 Å². The first-order valence-corrected chi connectivity index (χ1v) is 10.7. The largest absolute Gasteiger partial charge is 0.497 e. The van der Waals surface area contributed by atoms with Crippen LogP contribution in [0.1, 0.15) is 28.8 Å². The lowest BCUT2D eigenvalue weighted by molar-refractivity contribution is -0.0256. The van der Waals surface area contributed by atoms with Gasteiger partial charge in [0.15, 0.2) is 0 Å². The van der Waals surface area contributed by atoms with Crippen molar-refractivity contribution in [3.8, 4) is 5.75 Å². The number of hydrogen-bond donors (Lipinski definition) is 0. The van der Waals surface area contributed by atoms with Gasteiger partial charge in [-0.25, -0.2) is 4.79 Å². The highest BCUT2D eigenvalue weighted by molar-refractivity contribution is 7.85. The maximum absolute atomic E-state index is 12.5. The van der Waals surface area contributed by atoms with Gasteiger partial charge in [0.1, 0.15) is 5.75 Å². The van der Waals surface area contributed by atoms with E-state index in [1.807, 2.05) is 31.2 Å². The van der Waals surface area contributed by atoms with Crippen molar-refractivity contribution in [2.24, 2.45) is 5.92 Å². The lowest BCUT2D eigenvalue weighted by Gasteiger charge is -2.28. The predicted octanol–water partition coefficient (Wildman–Crippen LogP) is 3.76. The summed E-state index contributed by atoms with van der Waals surface area (Å²) in [6, 6.07) is 14.6. The zero-order chi connectivity index (χ0) is 19.9. The number of methoxy groups -OCH3 is 1. The van der Waals surface area contributed by atoms with Crippen molar-refractivity contribution in [1.82, 2.24) is 0 Å².